The van der Waals surface area contributed by atoms with Crippen LogP contribution in [-0.4, -0.2) is 49.6 Å². The van der Waals surface area contributed by atoms with Crippen molar-refractivity contribution in [2.24, 2.45) is 5.41 Å². The van der Waals surface area contributed by atoms with Gasteiger partial charge in [-0.2, -0.15) is 0 Å². The Morgan fingerprint density at radius 3 is 2.62 bits per heavy atom. The number of hydrogen-bond acceptors (Lipinski definition) is 5. The zero-order valence-corrected chi connectivity index (χ0v) is 13.5. The van der Waals surface area contributed by atoms with Crippen LogP contribution in [0.2, 0.25) is 0 Å². The molecule has 21 heavy (non-hydrogen) atoms. The van der Waals surface area contributed by atoms with E-state index in [1.807, 2.05) is 4.90 Å². The van der Waals surface area contributed by atoms with Crippen LogP contribution in [0.5, 0.6) is 0 Å². The van der Waals surface area contributed by atoms with Crippen LogP contribution in [-0.2, 0) is 10.0 Å². The molecule has 0 aromatic carbocycles. The Morgan fingerprint density at radius 2 is 2.10 bits per heavy atom. The molecule has 2 aliphatic rings. The van der Waals surface area contributed by atoms with E-state index in [1.165, 1.54) is 17.6 Å². The number of aromatic nitrogens is 1. The number of carbonyl (C=O) groups is 1. The molecule has 0 atom stereocenters. The van der Waals surface area contributed by atoms with Crippen LogP contribution in [0.3, 0.4) is 0 Å². The van der Waals surface area contributed by atoms with Gasteiger partial charge in [0.25, 0.3) is 5.91 Å². The summed E-state index contributed by atoms with van der Waals surface area (Å²) in [5, 5.41) is 1.78. The van der Waals surface area contributed by atoms with Crippen molar-refractivity contribution in [3.8, 4) is 0 Å². The Bertz CT molecular complexity index is 611. The molecule has 1 aliphatic carbocycles. The topological polar surface area (TPSA) is 79.4 Å². The molecule has 1 spiro atoms. The fourth-order valence-electron chi connectivity index (χ4n) is 3.44. The van der Waals surface area contributed by atoms with Gasteiger partial charge in [0, 0.05) is 24.5 Å². The number of nitrogens with zero attached hydrogens (tertiary/aromatic N) is 2. The van der Waals surface area contributed by atoms with Crippen molar-refractivity contribution < 1.29 is 13.2 Å². The monoisotopic (exact) mass is 329 g/mol. The summed E-state index contributed by atoms with van der Waals surface area (Å²) in [4.78, 5) is 18.1. The Balaban J connectivity index is 1.52. The molecule has 1 saturated heterocycles. The Kier molecular flexibility index (Phi) is 3.79. The smallest absolute Gasteiger partial charge is 0.273 e. The summed E-state index contributed by atoms with van der Waals surface area (Å²) >= 11 is 1.43. The number of amides is 1. The number of piperidine rings is 1. The number of likely N-dealkylation sites (tertiary alicyclic amines) is 1. The van der Waals surface area contributed by atoms with Gasteiger partial charge in [-0.1, -0.05) is 0 Å². The van der Waals surface area contributed by atoms with Crippen LogP contribution >= 0.6 is 11.3 Å². The van der Waals surface area contributed by atoms with Crippen LogP contribution in [0.15, 0.2) is 10.9 Å². The van der Waals surface area contributed by atoms with Gasteiger partial charge in [0.2, 0.25) is 10.0 Å². The van der Waals surface area contributed by atoms with E-state index in [1.54, 1.807) is 10.9 Å². The normalized spacial score (nSPS) is 22.2. The first-order valence-corrected chi connectivity index (χ1v) is 9.85. The Morgan fingerprint density at radius 1 is 1.43 bits per heavy atom. The molecule has 1 N–H and O–H groups in total. The third kappa shape index (κ3) is 3.27. The molecule has 2 fully saturated rings. The molecule has 1 aliphatic heterocycles. The van der Waals surface area contributed by atoms with E-state index in [0.717, 1.165) is 38.8 Å². The molecular weight excluding hydrogens is 310 g/mol. The maximum atomic E-state index is 12.2. The van der Waals surface area contributed by atoms with Crippen LogP contribution in [0.1, 0.15) is 36.2 Å². The summed E-state index contributed by atoms with van der Waals surface area (Å²) in [5.41, 5.74) is 2.42. The highest BCUT2D eigenvalue weighted by Crippen LogP contribution is 2.49. The first-order chi connectivity index (χ1) is 9.87. The standard InChI is InChI=1S/C13H19N3O3S2/c1-21(18,19)15-10-6-13(7-10)2-4-16(5-3-13)12(17)11-8-20-9-14-11/h8-10,15H,2-7H2,1H3. The van der Waals surface area contributed by atoms with E-state index < -0.39 is 10.0 Å². The number of carbonyl (C=O) groups excluding carboxylic acids is 1. The second-order valence-corrected chi connectivity index (χ2v) is 8.66. The van der Waals surface area contributed by atoms with Gasteiger partial charge in [0.15, 0.2) is 0 Å². The summed E-state index contributed by atoms with van der Waals surface area (Å²) in [6.07, 6.45) is 4.88. The lowest BCUT2D eigenvalue weighted by molar-refractivity contribution is 0.0136. The lowest BCUT2D eigenvalue weighted by atomic mass is 9.60. The fraction of sp³-hybridized carbons (Fsp3) is 0.692. The number of sulfonamides is 1. The van der Waals surface area contributed by atoms with E-state index in [-0.39, 0.29) is 17.4 Å². The second-order valence-electron chi connectivity index (χ2n) is 6.16. The molecule has 3 rings (SSSR count). The molecular formula is C13H19N3O3S2. The predicted molar refractivity (Wildman–Crippen MR) is 80.7 cm³/mol. The van der Waals surface area contributed by atoms with Crippen LogP contribution < -0.4 is 4.72 Å². The first-order valence-electron chi connectivity index (χ1n) is 7.02. The first kappa shape index (κ1) is 14.9. The van der Waals surface area contributed by atoms with Gasteiger partial charge in [0.1, 0.15) is 5.69 Å². The molecule has 0 unspecified atom stereocenters. The summed E-state index contributed by atoms with van der Waals surface area (Å²) in [5.74, 6) is 0.0104. The minimum atomic E-state index is -3.12. The second kappa shape index (κ2) is 5.33. The van der Waals surface area contributed by atoms with Gasteiger partial charge < -0.3 is 4.90 Å². The number of thiazole rings is 1. The molecule has 6 nitrogen and oxygen atoms in total. The lowest BCUT2D eigenvalue weighted by Crippen LogP contribution is -2.55. The number of nitrogens with one attached hydrogen (secondary N) is 1. The summed E-state index contributed by atoms with van der Waals surface area (Å²) in [7, 11) is -3.12. The number of rotatable bonds is 3. The van der Waals surface area contributed by atoms with Gasteiger partial charge in [-0.3, -0.25) is 4.79 Å². The Hall–Kier alpha value is -0.990. The molecule has 1 saturated carbocycles. The molecule has 1 aromatic heterocycles. The Labute approximate surface area is 128 Å². The summed E-state index contributed by atoms with van der Waals surface area (Å²) in [6, 6.07) is 0.0702. The van der Waals surface area contributed by atoms with E-state index in [0.29, 0.717) is 5.69 Å². The lowest BCUT2D eigenvalue weighted by Gasteiger charge is -2.52. The van der Waals surface area contributed by atoms with Crippen molar-refractivity contribution in [2.45, 2.75) is 31.7 Å². The fourth-order valence-corrected chi connectivity index (χ4v) is 4.74. The van der Waals surface area contributed by atoms with E-state index in [9.17, 15) is 13.2 Å². The van der Waals surface area contributed by atoms with E-state index >= 15 is 0 Å². The predicted octanol–water partition coefficient (Wildman–Crippen LogP) is 1.08. The highest BCUT2D eigenvalue weighted by Gasteiger charge is 2.47. The van der Waals surface area contributed by atoms with Crippen LogP contribution in [0.4, 0.5) is 0 Å². The molecule has 8 heteroatoms. The van der Waals surface area contributed by atoms with E-state index in [4.69, 9.17) is 0 Å². The van der Waals surface area contributed by atoms with Crippen LogP contribution in [0.25, 0.3) is 0 Å². The quantitative estimate of drug-likeness (QED) is 0.900. The van der Waals surface area contributed by atoms with Crippen molar-refractivity contribution in [2.75, 3.05) is 19.3 Å². The summed E-state index contributed by atoms with van der Waals surface area (Å²) in [6.45, 7) is 1.48. The van der Waals surface area contributed by atoms with Crippen molar-refractivity contribution in [3.05, 3.63) is 16.6 Å². The average molecular weight is 329 g/mol. The molecule has 0 radical (unpaired) electrons. The van der Waals surface area contributed by atoms with Gasteiger partial charge in [0.05, 0.1) is 11.8 Å². The molecule has 1 amide bonds. The van der Waals surface area contributed by atoms with Crippen molar-refractivity contribution in [3.63, 3.8) is 0 Å². The molecule has 116 valence electrons. The molecule has 1 aromatic rings. The van der Waals surface area contributed by atoms with E-state index in [2.05, 4.69) is 9.71 Å². The minimum absolute atomic E-state index is 0.0104. The largest absolute Gasteiger partial charge is 0.337 e. The number of hydrogen-bond donors (Lipinski definition) is 1. The van der Waals surface area contributed by atoms with Gasteiger partial charge in [-0.15, -0.1) is 11.3 Å². The molecule has 0 bridgehead atoms. The maximum absolute atomic E-state index is 12.2. The highest BCUT2D eigenvalue weighted by molar-refractivity contribution is 7.88. The van der Waals surface area contributed by atoms with Crippen LogP contribution in [0, 0.1) is 5.41 Å². The zero-order chi connectivity index (χ0) is 15.1. The van der Waals surface area contributed by atoms with Gasteiger partial charge >= 0.3 is 0 Å². The zero-order valence-electron chi connectivity index (χ0n) is 11.9. The van der Waals surface area contributed by atoms with Crippen molar-refractivity contribution >= 4 is 27.3 Å². The SMILES string of the molecule is CS(=O)(=O)NC1CC2(CCN(C(=O)c3cscn3)CC2)C1. The van der Waals surface area contributed by atoms with Gasteiger partial charge in [-0.25, -0.2) is 18.1 Å². The maximum Gasteiger partial charge on any atom is 0.273 e. The summed E-state index contributed by atoms with van der Waals surface area (Å²) < 4.78 is 25.1. The van der Waals surface area contributed by atoms with Crippen molar-refractivity contribution in [1.29, 1.82) is 0 Å². The van der Waals surface area contributed by atoms with Gasteiger partial charge in [-0.05, 0) is 31.1 Å². The minimum Gasteiger partial charge on any atom is -0.337 e. The molecule has 2 heterocycles. The van der Waals surface area contributed by atoms with Crippen molar-refractivity contribution in [1.82, 2.24) is 14.6 Å². The highest BCUT2D eigenvalue weighted by atomic mass is 32.2. The average Bonchev–Trinajstić information content (AvgIpc) is 2.89. The third-order valence-electron chi connectivity index (χ3n) is 4.50. The third-order valence-corrected chi connectivity index (χ3v) is 5.85.